The highest BCUT2D eigenvalue weighted by Crippen LogP contribution is 2.14. The van der Waals surface area contributed by atoms with Crippen LogP contribution in [0.1, 0.15) is 12.5 Å². The molecule has 1 aromatic heterocycles. The van der Waals surface area contributed by atoms with Crippen molar-refractivity contribution in [3.05, 3.63) is 54.1 Å². The van der Waals surface area contributed by atoms with Gasteiger partial charge in [-0.05, 0) is 30.7 Å². The standard InChI is InChI=1S/C19H23N5O/c1-2-20-17-9-10-18(22-21-17)23-12-14-24(15-13-23)19(25)11-8-16-6-4-3-5-7-16/h3-11H,2,12-15H2,1H3,(H,20,21)/b11-8+. The van der Waals surface area contributed by atoms with Crippen LogP contribution in [0.2, 0.25) is 0 Å². The summed E-state index contributed by atoms with van der Waals surface area (Å²) in [6.45, 7) is 5.76. The molecule has 0 aliphatic carbocycles. The van der Waals surface area contributed by atoms with Crippen molar-refractivity contribution in [2.45, 2.75) is 6.92 Å². The zero-order valence-corrected chi connectivity index (χ0v) is 14.4. The molecule has 6 heteroatoms. The molecular weight excluding hydrogens is 314 g/mol. The summed E-state index contributed by atoms with van der Waals surface area (Å²) in [5, 5.41) is 11.6. The van der Waals surface area contributed by atoms with Crippen molar-refractivity contribution < 1.29 is 4.79 Å². The maximum atomic E-state index is 12.3. The van der Waals surface area contributed by atoms with Gasteiger partial charge in [0.25, 0.3) is 0 Å². The summed E-state index contributed by atoms with van der Waals surface area (Å²) in [6.07, 6.45) is 3.51. The maximum Gasteiger partial charge on any atom is 0.246 e. The monoisotopic (exact) mass is 337 g/mol. The van der Waals surface area contributed by atoms with E-state index >= 15 is 0 Å². The molecule has 0 bridgehead atoms. The van der Waals surface area contributed by atoms with Crippen LogP contribution in [0.3, 0.4) is 0 Å². The smallest absolute Gasteiger partial charge is 0.246 e. The Hall–Kier alpha value is -2.89. The molecule has 2 heterocycles. The summed E-state index contributed by atoms with van der Waals surface area (Å²) in [6, 6.07) is 13.8. The molecule has 2 aromatic rings. The predicted molar refractivity (Wildman–Crippen MR) is 100 cm³/mol. The first-order chi connectivity index (χ1) is 12.3. The van der Waals surface area contributed by atoms with Crippen LogP contribution in [0, 0.1) is 0 Å². The van der Waals surface area contributed by atoms with Crippen molar-refractivity contribution in [3.8, 4) is 0 Å². The average molecular weight is 337 g/mol. The highest BCUT2D eigenvalue weighted by Gasteiger charge is 2.20. The molecular formula is C19H23N5O. The van der Waals surface area contributed by atoms with Crippen molar-refractivity contribution in [1.29, 1.82) is 0 Å². The van der Waals surface area contributed by atoms with E-state index in [1.54, 1.807) is 6.08 Å². The van der Waals surface area contributed by atoms with Gasteiger partial charge in [-0.2, -0.15) is 0 Å². The summed E-state index contributed by atoms with van der Waals surface area (Å²) in [4.78, 5) is 16.3. The summed E-state index contributed by atoms with van der Waals surface area (Å²) < 4.78 is 0. The normalized spacial score (nSPS) is 14.8. The molecule has 0 unspecified atom stereocenters. The van der Waals surface area contributed by atoms with Gasteiger partial charge in [-0.3, -0.25) is 4.79 Å². The number of aromatic nitrogens is 2. The quantitative estimate of drug-likeness (QED) is 0.848. The van der Waals surface area contributed by atoms with Crippen molar-refractivity contribution in [2.24, 2.45) is 0 Å². The van der Waals surface area contributed by atoms with Crippen LogP contribution in [-0.4, -0.2) is 53.7 Å². The van der Waals surface area contributed by atoms with Gasteiger partial charge in [0.1, 0.15) is 5.82 Å². The SMILES string of the molecule is CCNc1ccc(N2CCN(C(=O)/C=C/c3ccccc3)CC2)nn1. The fourth-order valence-corrected chi connectivity index (χ4v) is 2.76. The number of nitrogens with zero attached hydrogens (tertiary/aromatic N) is 4. The lowest BCUT2D eigenvalue weighted by Gasteiger charge is -2.34. The predicted octanol–water partition coefficient (Wildman–Crippen LogP) is 2.27. The summed E-state index contributed by atoms with van der Waals surface area (Å²) in [5.74, 6) is 1.69. The minimum Gasteiger partial charge on any atom is -0.369 e. The van der Waals surface area contributed by atoms with Crippen LogP contribution in [-0.2, 0) is 4.79 Å². The number of anilines is 2. The van der Waals surface area contributed by atoms with E-state index in [2.05, 4.69) is 20.4 Å². The van der Waals surface area contributed by atoms with Crippen LogP contribution >= 0.6 is 0 Å². The zero-order chi connectivity index (χ0) is 17.5. The third kappa shape index (κ3) is 4.56. The van der Waals surface area contributed by atoms with E-state index in [-0.39, 0.29) is 5.91 Å². The molecule has 1 N–H and O–H groups in total. The van der Waals surface area contributed by atoms with Crippen LogP contribution < -0.4 is 10.2 Å². The van der Waals surface area contributed by atoms with Crippen LogP contribution in [0.15, 0.2) is 48.5 Å². The largest absolute Gasteiger partial charge is 0.369 e. The second-order valence-electron chi connectivity index (χ2n) is 5.86. The number of nitrogens with one attached hydrogen (secondary N) is 1. The molecule has 1 amide bonds. The Bertz CT molecular complexity index is 706. The van der Waals surface area contributed by atoms with Gasteiger partial charge in [0.15, 0.2) is 5.82 Å². The Morgan fingerprint density at radius 3 is 2.48 bits per heavy atom. The van der Waals surface area contributed by atoms with Gasteiger partial charge in [-0.15, -0.1) is 10.2 Å². The van der Waals surface area contributed by atoms with Crippen molar-refractivity contribution in [2.75, 3.05) is 42.9 Å². The molecule has 1 aliphatic rings. The molecule has 6 nitrogen and oxygen atoms in total. The second kappa shape index (κ2) is 8.28. The van der Waals surface area contributed by atoms with E-state index < -0.39 is 0 Å². The number of hydrogen-bond acceptors (Lipinski definition) is 5. The van der Waals surface area contributed by atoms with E-state index in [0.29, 0.717) is 13.1 Å². The summed E-state index contributed by atoms with van der Waals surface area (Å²) >= 11 is 0. The number of amides is 1. The lowest BCUT2D eigenvalue weighted by Crippen LogP contribution is -2.48. The molecule has 25 heavy (non-hydrogen) atoms. The van der Waals surface area contributed by atoms with Gasteiger partial charge in [0.2, 0.25) is 5.91 Å². The van der Waals surface area contributed by atoms with Crippen molar-refractivity contribution in [1.82, 2.24) is 15.1 Å². The first-order valence-corrected chi connectivity index (χ1v) is 8.61. The first kappa shape index (κ1) is 17.0. The Labute approximate surface area is 148 Å². The minimum absolute atomic E-state index is 0.0529. The minimum atomic E-state index is 0.0529. The van der Waals surface area contributed by atoms with Gasteiger partial charge in [-0.1, -0.05) is 30.3 Å². The number of carbonyl (C=O) groups excluding carboxylic acids is 1. The van der Waals surface area contributed by atoms with Crippen molar-refractivity contribution >= 4 is 23.6 Å². The Kier molecular flexibility index (Phi) is 5.61. The van der Waals surface area contributed by atoms with E-state index in [4.69, 9.17) is 0 Å². The third-order valence-electron chi connectivity index (χ3n) is 4.14. The van der Waals surface area contributed by atoms with E-state index in [9.17, 15) is 4.79 Å². The highest BCUT2D eigenvalue weighted by molar-refractivity contribution is 5.91. The molecule has 1 saturated heterocycles. The molecule has 0 atom stereocenters. The van der Waals surface area contributed by atoms with Gasteiger partial charge in [-0.25, -0.2) is 0 Å². The zero-order valence-electron chi connectivity index (χ0n) is 14.4. The molecule has 0 saturated carbocycles. The van der Waals surface area contributed by atoms with Gasteiger partial charge >= 0.3 is 0 Å². The Morgan fingerprint density at radius 2 is 1.84 bits per heavy atom. The number of carbonyl (C=O) groups is 1. The molecule has 130 valence electrons. The number of rotatable bonds is 5. The lowest BCUT2D eigenvalue weighted by molar-refractivity contribution is -0.126. The number of piperazine rings is 1. The molecule has 1 aromatic carbocycles. The molecule has 1 aliphatic heterocycles. The second-order valence-corrected chi connectivity index (χ2v) is 5.86. The van der Waals surface area contributed by atoms with E-state index in [1.165, 1.54) is 0 Å². The van der Waals surface area contributed by atoms with Gasteiger partial charge in [0, 0.05) is 38.8 Å². The maximum absolute atomic E-state index is 12.3. The van der Waals surface area contributed by atoms with Gasteiger partial charge in [0.05, 0.1) is 0 Å². The van der Waals surface area contributed by atoms with Crippen LogP contribution in [0.4, 0.5) is 11.6 Å². The van der Waals surface area contributed by atoms with Crippen LogP contribution in [0.5, 0.6) is 0 Å². The highest BCUT2D eigenvalue weighted by atomic mass is 16.2. The number of hydrogen-bond donors (Lipinski definition) is 1. The summed E-state index contributed by atoms with van der Waals surface area (Å²) in [5.41, 5.74) is 1.03. The van der Waals surface area contributed by atoms with Crippen LogP contribution in [0.25, 0.3) is 6.08 Å². The fourth-order valence-electron chi connectivity index (χ4n) is 2.76. The van der Waals surface area contributed by atoms with E-state index in [0.717, 1.165) is 36.8 Å². The number of benzene rings is 1. The first-order valence-electron chi connectivity index (χ1n) is 8.61. The van der Waals surface area contributed by atoms with Crippen molar-refractivity contribution in [3.63, 3.8) is 0 Å². The summed E-state index contributed by atoms with van der Waals surface area (Å²) in [7, 11) is 0. The molecule has 1 fully saturated rings. The molecule has 3 rings (SSSR count). The lowest BCUT2D eigenvalue weighted by atomic mass is 10.2. The molecule has 0 radical (unpaired) electrons. The fraction of sp³-hybridized carbons (Fsp3) is 0.316. The van der Waals surface area contributed by atoms with Gasteiger partial charge < -0.3 is 15.1 Å². The Morgan fingerprint density at radius 1 is 1.08 bits per heavy atom. The van der Waals surface area contributed by atoms with E-state index in [1.807, 2.05) is 60.4 Å². The Balaban J connectivity index is 1.52. The third-order valence-corrected chi connectivity index (χ3v) is 4.14. The molecule has 0 spiro atoms. The average Bonchev–Trinajstić information content (AvgIpc) is 2.68. The topological polar surface area (TPSA) is 61.4 Å².